The van der Waals surface area contributed by atoms with Crippen molar-refractivity contribution in [3.05, 3.63) is 62.6 Å². The monoisotopic (exact) mass is 365 g/mol. The van der Waals surface area contributed by atoms with E-state index in [-0.39, 0.29) is 10.6 Å². The van der Waals surface area contributed by atoms with E-state index in [1.165, 1.54) is 12.1 Å². The highest BCUT2D eigenvalue weighted by molar-refractivity contribution is 6.35. The number of esters is 1. The van der Waals surface area contributed by atoms with Gasteiger partial charge in [-0.05, 0) is 50.1 Å². The van der Waals surface area contributed by atoms with Gasteiger partial charge in [0.25, 0.3) is 5.91 Å². The van der Waals surface area contributed by atoms with E-state index < -0.39 is 18.5 Å². The van der Waals surface area contributed by atoms with Gasteiger partial charge < -0.3 is 10.1 Å². The van der Waals surface area contributed by atoms with E-state index >= 15 is 0 Å². The molecule has 4 nitrogen and oxygen atoms in total. The van der Waals surface area contributed by atoms with Gasteiger partial charge in [-0.1, -0.05) is 40.9 Å². The molecule has 0 heterocycles. The number of amides is 1. The fourth-order valence-electron chi connectivity index (χ4n) is 2.42. The summed E-state index contributed by atoms with van der Waals surface area (Å²) in [6.45, 7) is 5.40. The number of rotatable bonds is 4. The molecule has 0 aliphatic rings. The molecular weight excluding hydrogens is 349 g/mol. The Morgan fingerprint density at radius 1 is 1.04 bits per heavy atom. The maximum atomic E-state index is 12.0. The molecule has 24 heavy (non-hydrogen) atoms. The van der Waals surface area contributed by atoms with Gasteiger partial charge in [-0.2, -0.15) is 0 Å². The summed E-state index contributed by atoms with van der Waals surface area (Å²) in [5, 5.41) is 3.34. The van der Waals surface area contributed by atoms with Crippen LogP contribution < -0.4 is 5.32 Å². The number of anilines is 1. The maximum Gasteiger partial charge on any atom is 0.340 e. The molecule has 0 saturated heterocycles. The molecule has 0 unspecified atom stereocenters. The molecule has 0 aromatic heterocycles. The average Bonchev–Trinajstić information content (AvgIpc) is 2.50. The summed E-state index contributed by atoms with van der Waals surface area (Å²) in [4.78, 5) is 24.0. The van der Waals surface area contributed by atoms with Crippen molar-refractivity contribution in [2.24, 2.45) is 0 Å². The minimum atomic E-state index is -0.699. The van der Waals surface area contributed by atoms with Crippen molar-refractivity contribution in [3.63, 3.8) is 0 Å². The Morgan fingerprint density at radius 3 is 2.29 bits per heavy atom. The minimum absolute atomic E-state index is 0.125. The van der Waals surface area contributed by atoms with Crippen LogP contribution in [0.15, 0.2) is 30.3 Å². The quantitative estimate of drug-likeness (QED) is 0.797. The van der Waals surface area contributed by atoms with Crippen LogP contribution in [0.3, 0.4) is 0 Å². The van der Waals surface area contributed by atoms with Gasteiger partial charge in [0.1, 0.15) is 0 Å². The summed E-state index contributed by atoms with van der Waals surface area (Å²) in [6.07, 6.45) is 0. The van der Waals surface area contributed by atoms with Gasteiger partial charge in [-0.15, -0.1) is 0 Å². The van der Waals surface area contributed by atoms with Crippen molar-refractivity contribution in [1.29, 1.82) is 0 Å². The van der Waals surface area contributed by atoms with Crippen LogP contribution >= 0.6 is 23.2 Å². The lowest BCUT2D eigenvalue weighted by Gasteiger charge is -2.13. The molecule has 0 aliphatic heterocycles. The predicted octanol–water partition coefficient (Wildman–Crippen LogP) is 4.71. The molecule has 6 heteroatoms. The number of carbonyl (C=O) groups is 2. The summed E-state index contributed by atoms with van der Waals surface area (Å²) in [5.41, 5.74) is 3.86. The van der Waals surface area contributed by atoms with Gasteiger partial charge >= 0.3 is 5.97 Å². The first-order valence-corrected chi connectivity index (χ1v) is 8.03. The molecule has 126 valence electrons. The molecule has 0 fully saturated rings. The van der Waals surface area contributed by atoms with Crippen LogP contribution in [0, 0.1) is 20.8 Å². The standard InChI is InChI=1S/C18H17Cl2NO3/c1-10-6-11(2)17(12(3)7-10)21-16(22)9-24-18(23)14-8-13(19)4-5-15(14)20/h4-8H,9H2,1-3H3,(H,21,22). The molecular formula is C18H17Cl2NO3. The van der Waals surface area contributed by atoms with Crippen LogP contribution in [0.25, 0.3) is 0 Å². The van der Waals surface area contributed by atoms with Gasteiger partial charge in [0.05, 0.1) is 10.6 Å². The van der Waals surface area contributed by atoms with E-state index in [0.29, 0.717) is 5.02 Å². The molecule has 0 aliphatic carbocycles. The Morgan fingerprint density at radius 2 is 1.67 bits per heavy atom. The summed E-state index contributed by atoms with van der Waals surface area (Å²) in [7, 11) is 0. The van der Waals surface area contributed by atoms with E-state index in [9.17, 15) is 9.59 Å². The third kappa shape index (κ3) is 4.49. The van der Waals surface area contributed by atoms with Gasteiger partial charge in [-0.3, -0.25) is 4.79 Å². The zero-order valence-electron chi connectivity index (χ0n) is 13.6. The maximum absolute atomic E-state index is 12.0. The van der Waals surface area contributed by atoms with E-state index in [1.807, 2.05) is 32.9 Å². The lowest BCUT2D eigenvalue weighted by Crippen LogP contribution is -2.22. The smallest absolute Gasteiger partial charge is 0.340 e. The number of nitrogens with one attached hydrogen (secondary N) is 1. The zero-order valence-corrected chi connectivity index (χ0v) is 15.1. The van der Waals surface area contributed by atoms with Crippen LogP contribution in [-0.2, 0) is 9.53 Å². The first-order valence-electron chi connectivity index (χ1n) is 7.28. The number of hydrogen-bond acceptors (Lipinski definition) is 3. The van der Waals surface area contributed by atoms with Crippen LogP contribution in [0.1, 0.15) is 27.0 Å². The summed E-state index contributed by atoms with van der Waals surface area (Å²) < 4.78 is 5.01. The third-order valence-electron chi connectivity index (χ3n) is 3.42. The minimum Gasteiger partial charge on any atom is -0.452 e. The summed E-state index contributed by atoms with van der Waals surface area (Å²) in [5.74, 6) is -1.12. The Bertz CT molecular complexity index is 780. The average molecular weight is 366 g/mol. The fraction of sp³-hybridized carbons (Fsp3) is 0.222. The van der Waals surface area contributed by atoms with Gasteiger partial charge in [0.2, 0.25) is 0 Å². The molecule has 2 aromatic rings. The first-order chi connectivity index (χ1) is 11.3. The molecule has 1 N–H and O–H groups in total. The van der Waals surface area contributed by atoms with Crippen LogP contribution in [0.4, 0.5) is 5.69 Å². The molecule has 2 aromatic carbocycles. The number of aryl methyl sites for hydroxylation is 3. The fourth-order valence-corrected chi connectivity index (χ4v) is 2.78. The van der Waals surface area contributed by atoms with Crippen molar-refractivity contribution < 1.29 is 14.3 Å². The van der Waals surface area contributed by atoms with Gasteiger partial charge in [0.15, 0.2) is 6.61 Å². The van der Waals surface area contributed by atoms with Crippen molar-refractivity contribution >= 4 is 40.8 Å². The Labute approximate surface area is 150 Å². The van der Waals surface area contributed by atoms with Crippen LogP contribution in [0.2, 0.25) is 10.0 Å². The van der Waals surface area contributed by atoms with E-state index in [4.69, 9.17) is 27.9 Å². The zero-order chi connectivity index (χ0) is 17.9. The van der Waals surface area contributed by atoms with Crippen molar-refractivity contribution in [3.8, 4) is 0 Å². The number of benzene rings is 2. The van der Waals surface area contributed by atoms with Gasteiger partial charge in [-0.25, -0.2) is 4.79 Å². The second kappa shape index (κ2) is 7.69. The molecule has 1 amide bonds. The van der Waals surface area contributed by atoms with Crippen molar-refractivity contribution in [1.82, 2.24) is 0 Å². The topological polar surface area (TPSA) is 55.4 Å². The highest BCUT2D eigenvalue weighted by atomic mass is 35.5. The van der Waals surface area contributed by atoms with E-state index in [2.05, 4.69) is 5.32 Å². The molecule has 0 radical (unpaired) electrons. The van der Waals surface area contributed by atoms with Crippen molar-refractivity contribution in [2.75, 3.05) is 11.9 Å². The van der Waals surface area contributed by atoms with E-state index in [0.717, 1.165) is 22.4 Å². The Balaban J connectivity index is 2.01. The third-order valence-corrected chi connectivity index (χ3v) is 3.99. The van der Waals surface area contributed by atoms with Crippen LogP contribution in [-0.4, -0.2) is 18.5 Å². The summed E-state index contributed by atoms with van der Waals surface area (Å²) >= 11 is 11.8. The molecule has 0 spiro atoms. The molecule has 0 atom stereocenters. The lowest BCUT2D eigenvalue weighted by atomic mass is 10.1. The first kappa shape index (κ1) is 18.3. The summed E-state index contributed by atoms with van der Waals surface area (Å²) in [6, 6.07) is 8.41. The molecule has 0 saturated carbocycles. The van der Waals surface area contributed by atoms with Gasteiger partial charge in [0, 0.05) is 10.7 Å². The molecule has 0 bridgehead atoms. The Hall–Kier alpha value is -2.04. The van der Waals surface area contributed by atoms with Crippen molar-refractivity contribution in [2.45, 2.75) is 20.8 Å². The number of hydrogen-bond donors (Lipinski definition) is 1. The second-order valence-electron chi connectivity index (χ2n) is 5.52. The largest absolute Gasteiger partial charge is 0.452 e. The number of carbonyl (C=O) groups excluding carboxylic acids is 2. The predicted molar refractivity (Wildman–Crippen MR) is 96.0 cm³/mol. The SMILES string of the molecule is Cc1cc(C)c(NC(=O)COC(=O)c2cc(Cl)ccc2Cl)c(C)c1. The number of halogens is 2. The van der Waals surface area contributed by atoms with Crippen LogP contribution in [0.5, 0.6) is 0 Å². The number of ether oxygens (including phenoxy) is 1. The lowest BCUT2D eigenvalue weighted by molar-refractivity contribution is -0.119. The normalized spacial score (nSPS) is 10.4. The highest BCUT2D eigenvalue weighted by Crippen LogP contribution is 2.23. The highest BCUT2D eigenvalue weighted by Gasteiger charge is 2.15. The second-order valence-corrected chi connectivity index (χ2v) is 6.37. The molecule has 2 rings (SSSR count). The van der Waals surface area contributed by atoms with E-state index in [1.54, 1.807) is 6.07 Å². The Kier molecular flexibility index (Phi) is 5.86.